The molecule has 8 heteroatoms. The molecule has 30 heavy (non-hydrogen) atoms. The number of nitrogens with zero attached hydrogens (tertiary/aromatic N) is 2. The molecule has 1 amide bonds. The van der Waals surface area contributed by atoms with Crippen LogP contribution in [-0.4, -0.2) is 59.1 Å². The largest absolute Gasteiger partial charge is 0.378 e. The number of morpholine rings is 1. The standard InChI is InChI=1S/C22H27N3O4S/c1-3-12-23-30(27,28)21-10-6-19(7-11-21)22(26)24(2)17-18-4-8-20(9-5-18)25-13-15-29-16-14-25/h3-11,23H,1,12-17H2,2H3. The van der Waals surface area contributed by atoms with E-state index in [1.807, 2.05) is 12.1 Å². The quantitative estimate of drug-likeness (QED) is 0.652. The van der Waals surface area contributed by atoms with E-state index in [4.69, 9.17) is 4.74 Å². The number of benzene rings is 2. The van der Waals surface area contributed by atoms with E-state index in [0.29, 0.717) is 12.1 Å². The van der Waals surface area contributed by atoms with Gasteiger partial charge in [-0.25, -0.2) is 13.1 Å². The fraction of sp³-hybridized carbons (Fsp3) is 0.318. The van der Waals surface area contributed by atoms with Gasteiger partial charge in [-0.15, -0.1) is 6.58 Å². The van der Waals surface area contributed by atoms with Crippen LogP contribution in [0.4, 0.5) is 5.69 Å². The first-order valence-corrected chi connectivity index (χ1v) is 11.3. The molecule has 1 N–H and O–H groups in total. The minimum atomic E-state index is -3.61. The van der Waals surface area contributed by atoms with Gasteiger partial charge in [0.05, 0.1) is 18.1 Å². The Bertz CT molecular complexity index is 966. The van der Waals surface area contributed by atoms with Crippen LogP contribution in [0.2, 0.25) is 0 Å². The highest BCUT2D eigenvalue weighted by atomic mass is 32.2. The van der Waals surface area contributed by atoms with E-state index in [2.05, 4.69) is 28.3 Å². The van der Waals surface area contributed by atoms with Crippen LogP contribution >= 0.6 is 0 Å². The van der Waals surface area contributed by atoms with E-state index in [0.717, 1.165) is 37.6 Å². The molecule has 1 heterocycles. The molecule has 7 nitrogen and oxygen atoms in total. The van der Waals surface area contributed by atoms with Crippen molar-refractivity contribution in [3.63, 3.8) is 0 Å². The van der Waals surface area contributed by atoms with Crippen molar-refractivity contribution in [3.8, 4) is 0 Å². The smallest absolute Gasteiger partial charge is 0.253 e. The van der Waals surface area contributed by atoms with Gasteiger partial charge >= 0.3 is 0 Å². The van der Waals surface area contributed by atoms with Crippen LogP contribution < -0.4 is 9.62 Å². The predicted molar refractivity (Wildman–Crippen MR) is 117 cm³/mol. The highest BCUT2D eigenvalue weighted by Gasteiger charge is 2.16. The average Bonchev–Trinajstić information content (AvgIpc) is 2.78. The lowest BCUT2D eigenvalue weighted by Gasteiger charge is -2.29. The summed E-state index contributed by atoms with van der Waals surface area (Å²) in [5.41, 5.74) is 2.61. The second-order valence-corrected chi connectivity index (χ2v) is 8.86. The predicted octanol–water partition coefficient (Wildman–Crippen LogP) is 2.26. The molecule has 1 saturated heterocycles. The highest BCUT2D eigenvalue weighted by Crippen LogP contribution is 2.18. The number of anilines is 1. The molecule has 2 aromatic rings. The number of carbonyl (C=O) groups excluding carboxylic acids is 1. The number of ether oxygens (including phenoxy) is 1. The van der Waals surface area contributed by atoms with Gasteiger partial charge in [-0.05, 0) is 42.0 Å². The van der Waals surface area contributed by atoms with Crippen LogP contribution in [0, 0.1) is 0 Å². The van der Waals surface area contributed by atoms with E-state index in [-0.39, 0.29) is 17.3 Å². The third-order valence-corrected chi connectivity index (χ3v) is 6.35. The molecule has 160 valence electrons. The zero-order valence-corrected chi connectivity index (χ0v) is 17.9. The van der Waals surface area contributed by atoms with Gasteiger partial charge in [-0.2, -0.15) is 0 Å². The molecule has 0 bridgehead atoms. The third-order valence-electron chi connectivity index (χ3n) is 4.91. The van der Waals surface area contributed by atoms with Crippen LogP contribution in [0.5, 0.6) is 0 Å². The van der Waals surface area contributed by atoms with Gasteiger partial charge < -0.3 is 14.5 Å². The molecule has 0 aliphatic carbocycles. The lowest BCUT2D eigenvalue weighted by molar-refractivity contribution is 0.0785. The van der Waals surface area contributed by atoms with Crippen molar-refractivity contribution in [1.82, 2.24) is 9.62 Å². The second-order valence-electron chi connectivity index (χ2n) is 7.09. The molecule has 0 aromatic heterocycles. The van der Waals surface area contributed by atoms with E-state index >= 15 is 0 Å². The Balaban J connectivity index is 1.62. The van der Waals surface area contributed by atoms with E-state index in [9.17, 15) is 13.2 Å². The molecule has 3 rings (SSSR count). The summed E-state index contributed by atoms with van der Waals surface area (Å²) < 4.78 is 32.0. The zero-order chi connectivity index (χ0) is 21.6. The summed E-state index contributed by atoms with van der Waals surface area (Å²) in [6.07, 6.45) is 1.47. The number of hydrogen-bond acceptors (Lipinski definition) is 5. The summed E-state index contributed by atoms with van der Waals surface area (Å²) in [5, 5.41) is 0. The summed E-state index contributed by atoms with van der Waals surface area (Å²) in [4.78, 5) is 16.7. The summed E-state index contributed by atoms with van der Waals surface area (Å²) in [6.45, 7) is 7.34. The summed E-state index contributed by atoms with van der Waals surface area (Å²) in [6, 6.07) is 14.1. The molecule has 0 unspecified atom stereocenters. The monoisotopic (exact) mass is 429 g/mol. The van der Waals surface area contributed by atoms with E-state index in [1.165, 1.54) is 30.3 Å². The molecular formula is C22H27N3O4S. The van der Waals surface area contributed by atoms with E-state index in [1.54, 1.807) is 11.9 Å². The number of carbonyl (C=O) groups is 1. The molecule has 1 fully saturated rings. The Kier molecular flexibility index (Phi) is 7.25. The third kappa shape index (κ3) is 5.47. The molecule has 1 aliphatic rings. The van der Waals surface area contributed by atoms with Gasteiger partial charge in [0.15, 0.2) is 0 Å². The second kappa shape index (κ2) is 9.88. The molecule has 0 saturated carbocycles. The van der Waals surface area contributed by atoms with Crippen LogP contribution in [0.15, 0.2) is 66.1 Å². The van der Waals surface area contributed by atoms with Crippen molar-refractivity contribution >= 4 is 21.6 Å². The lowest BCUT2D eigenvalue weighted by atomic mass is 10.1. The molecule has 0 radical (unpaired) electrons. The summed E-state index contributed by atoms with van der Waals surface area (Å²) >= 11 is 0. The number of hydrogen-bond donors (Lipinski definition) is 1. The van der Waals surface area contributed by atoms with Crippen LogP contribution in [0.3, 0.4) is 0 Å². The fourth-order valence-corrected chi connectivity index (χ4v) is 4.23. The first kappa shape index (κ1) is 22.0. The highest BCUT2D eigenvalue weighted by molar-refractivity contribution is 7.89. The SMILES string of the molecule is C=CCNS(=O)(=O)c1ccc(C(=O)N(C)Cc2ccc(N3CCOCC3)cc2)cc1. The van der Waals surface area contributed by atoms with Crippen LogP contribution in [0.1, 0.15) is 15.9 Å². The van der Waals surface area contributed by atoms with E-state index < -0.39 is 10.0 Å². The minimum absolute atomic E-state index is 0.113. The summed E-state index contributed by atoms with van der Waals surface area (Å²) in [5.74, 6) is -0.171. The van der Waals surface area contributed by atoms with Crippen molar-refractivity contribution < 1.29 is 17.9 Å². The molecule has 0 spiro atoms. The maximum atomic E-state index is 12.7. The molecule has 2 aromatic carbocycles. The zero-order valence-electron chi connectivity index (χ0n) is 17.1. The van der Waals surface area contributed by atoms with Crippen molar-refractivity contribution in [3.05, 3.63) is 72.3 Å². The first-order chi connectivity index (χ1) is 14.4. The van der Waals surface area contributed by atoms with Crippen molar-refractivity contribution in [2.45, 2.75) is 11.4 Å². The Hall–Kier alpha value is -2.68. The Morgan fingerprint density at radius 1 is 1.13 bits per heavy atom. The number of sulfonamides is 1. The normalized spacial score (nSPS) is 14.4. The average molecular weight is 430 g/mol. The van der Waals surface area contributed by atoms with Crippen LogP contribution in [0.25, 0.3) is 0 Å². The van der Waals surface area contributed by atoms with Gasteiger partial charge in [0.2, 0.25) is 10.0 Å². The first-order valence-electron chi connectivity index (χ1n) is 9.78. The number of nitrogens with one attached hydrogen (secondary N) is 1. The van der Waals surface area contributed by atoms with Crippen LogP contribution in [-0.2, 0) is 21.3 Å². The van der Waals surface area contributed by atoms with Crippen molar-refractivity contribution in [2.24, 2.45) is 0 Å². The Morgan fingerprint density at radius 3 is 2.37 bits per heavy atom. The number of rotatable bonds is 8. The molecule has 1 aliphatic heterocycles. The summed E-state index contributed by atoms with van der Waals surface area (Å²) in [7, 11) is -1.87. The molecular weight excluding hydrogens is 402 g/mol. The van der Waals surface area contributed by atoms with Gasteiger partial charge in [0, 0.05) is 44.5 Å². The van der Waals surface area contributed by atoms with Gasteiger partial charge in [0.1, 0.15) is 0 Å². The van der Waals surface area contributed by atoms with Gasteiger partial charge in [-0.3, -0.25) is 4.79 Å². The lowest BCUT2D eigenvalue weighted by Crippen LogP contribution is -2.36. The fourth-order valence-electron chi connectivity index (χ4n) is 3.23. The Morgan fingerprint density at radius 2 is 1.77 bits per heavy atom. The topological polar surface area (TPSA) is 79.0 Å². The maximum absolute atomic E-state index is 12.7. The maximum Gasteiger partial charge on any atom is 0.253 e. The van der Waals surface area contributed by atoms with Crippen molar-refractivity contribution in [2.75, 3.05) is 44.8 Å². The molecule has 0 atom stereocenters. The Labute approximate surface area is 178 Å². The minimum Gasteiger partial charge on any atom is -0.378 e. The number of amides is 1. The van der Waals surface area contributed by atoms with Gasteiger partial charge in [0.25, 0.3) is 5.91 Å². The van der Waals surface area contributed by atoms with Gasteiger partial charge in [-0.1, -0.05) is 18.2 Å². The van der Waals surface area contributed by atoms with Crippen molar-refractivity contribution in [1.29, 1.82) is 0 Å².